The predicted molar refractivity (Wildman–Crippen MR) is 66.6 cm³/mol. The van der Waals surface area contributed by atoms with Crippen LogP contribution >= 0.6 is 11.3 Å². The Morgan fingerprint density at radius 2 is 1.94 bits per heavy atom. The summed E-state index contributed by atoms with van der Waals surface area (Å²) < 4.78 is 0. The molecule has 0 unspecified atom stereocenters. The lowest BCUT2D eigenvalue weighted by Gasteiger charge is -2.03. The van der Waals surface area contributed by atoms with E-state index in [2.05, 4.69) is 34.6 Å². The maximum absolute atomic E-state index is 5.59. The molecule has 2 aromatic rings. The van der Waals surface area contributed by atoms with Crippen molar-refractivity contribution in [2.75, 3.05) is 0 Å². The number of benzene rings is 1. The summed E-state index contributed by atoms with van der Waals surface area (Å²) in [6.07, 6.45) is 2.27. The highest BCUT2D eigenvalue weighted by atomic mass is 32.1. The molecule has 2 nitrogen and oxygen atoms in total. The predicted octanol–water partition coefficient (Wildman–Crippen LogP) is 2.48. The highest BCUT2D eigenvalue weighted by Gasteiger charge is 2.24. The van der Waals surface area contributed by atoms with Gasteiger partial charge >= 0.3 is 0 Å². The Labute approximate surface area is 99.1 Å². The molecule has 0 saturated carbocycles. The second-order valence-corrected chi connectivity index (χ2v) is 5.14. The minimum absolute atomic E-state index is 0.552. The fourth-order valence-corrected chi connectivity index (χ4v) is 3.27. The molecule has 1 aliphatic rings. The van der Waals surface area contributed by atoms with Gasteiger partial charge in [0.1, 0.15) is 0 Å². The van der Waals surface area contributed by atoms with Crippen molar-refractivity contribution in [1.82, 2.24) is 4.98 Å². The maximum Gasteiger partial charge on any atom is 0.0966 e. The summed E-state index contributed by atoms with van der Waals surface area (Å²) in [6.45, 7) is 0.552. The van der Waals surface area contributed by atoms with E-state index in [0.29, 0.717) is 12.5 Å². The molecule has 16 heavy (non-hydrogen) atoms. The zero-order valence-corrected chi connectivity index (χ0v) is 9.83. The second-order valence-electron chi connectivity index (χ2n) is 4.26. The van der Waals surface area contributed by atoms with E-state index in [1.54, 1.807) is 11.3 Å². The van der Waals surface area contributed by atoms with Gasteiger partial charge in [-0.2, -0.15) is 0 Å². The van der Waals surface area contributed by atoms with E-state index in [9.17, 15) is 0 Å². The van der Waals surface area contributed by atoms with Gasteiger partial charge in [-0.1, -0.05) is 24.3 Å². The Hall–Kier alpha value is -1.19. The number of rotatable bonds is 2. The first-order valence-electron chi connectivity index (χ1n) is 5.58. The van der Waals surface area contributed by atoms with Crippen LogP contribution in [0, 0.1) is 0 Å². The molecule has 0 atom stereocenters. The SMILES string of the molecule is NCc1csc(C2Cc3ccccc3C2)n1. The van der Waals surface area contributed by atoms with Crippen molar-refractivity contribution in [3.05, 3.63) is 51.5 Å². The number of hydrogen-bond donors (Lipinski definition) is 1. The van der Waals surface area contributed by atoms with Crippen LogP contribution in [-0.2, 0) is 19.4 Å². The van der Waals surface area contributed by atoms with Crippen molar-refractivity contribution in [2.24, 2.45) is 5.73 Å². The number of nitrogens with two attached hydrogens (primary N) is 1. The Bertz CT molecular complexity index is 479. The molecule has 0 aliphatic heterocycles. The highest BCUT2D eigenvalue weighted by molar-refractivity contribution is 7.09. The van der Waals surface area contributed by atoms with Crippen LogP contribution in [0.5, 0.6) is 0 Å². The molecule has 3 rings (SSSR count). The van der Waals surface area contributed by atoms with E-state index in [0.717, 1.165) is 18.5 Å². The van der Waals surface area contributed by atoms with Crippen LogP contribution in [0.25, 0.3) is 0 Å². The van der Waals surface area contributed by atoms with Crippen molar-refractivity contribution < 1.29 is 0 Å². The van der Waals surface area contributed by atoms with Gasteiger partial charge in [0.2, 0.25) is 0 Å². The molecule has 1 aliphatic carbocycles. The monoisotopic (exact) mass is 230 g/mol. The lowest BCUT2D eigenvalue weighted by Crippen LogP contribution is -2.00. The third-order valence-electron chi connectivity index (χ3n) is 3.18. The molecule has 0 fully saturated rings. The first-order chi connectivity index (χ1) is 7.86. The van der Waals surface area contributed by atoms with Crippen molar-refractivity contribution in [3.8, 4) is 0 Å². The number of fused-ring (bicyclic) bond motifs is 1. The number of nitrogens with zero attached hydrogens (tertiary/aromatic N) is 1. The average molecular weight is 230 g/mol. The second kappa shape index (κ2) is 4.00. The Morgan fingerprint density at radius 3 is 2.50 bits per heavy atom. The van der Waals surface area contributed by atoms with Gasteiger partial charge in [-0.05, 0) is 24.0 Å². The van der Waals surface area contributed by atoms with E-state index in [1.165, 1.54) is 16.1 Å². The smallest absolute Gasteiger partial charge is 0.0966 e. The highest BCUT2D eigenvalue weighted by Crippen LogP contribution is 2.34. The third kappa shape index (κ3) is 1.66. The molecular weight excluding hydrogens is 216 g/mol. The minimum Gasteiger partial charge on any atom is -0.325 e. The summed E-state index contributed by atoms with van der Waals surface area (Å²) in [7, 11) is 0. The fraction of sp³-hybridized carbons (Fsp3) is 0.308. The van der Waals surface area contributed by atoms with Crippen LogP contribution < -0.4 is 5.73 Å². The van der Waals surface area contributed by atoms with Gasteiger partial charge in [-0.25, -0.2) is 4.98 Å². The molecule has 1 aromatic heterocycles. The zero-order valence-electron chi connectivity index (χ0n) is 9.02. The molecule has 1 aromatic carbocycles. The number of aromatic nitrogens is 1. The van der Waals surface area contributed by atoms with Gasteiger partial charge in [-0.15, -0.1) is 11.3 Å². The average Bonchev–Trinajstić information content (AvgIpc) is 2.95. The molecule has 0 radical (unpaired) electrons. The van der Waals surface area contributed by atoms with Crippen LogP contribution in [0.4, 0.5) is 0 Å². The Morgan fingerprint density at radius 1 is 1.25 bits per heavy atom. The number of thiazole rings is 1. The summed E-state index contributed by atoms with van der Waals surface area (Å²) in [4.78, 5) is 4.59. The standard InChI is InChI=1S/C13H14N2S/c14-7-12-8-16-13(15-12)11-5-9-3-1-2-4-10(9)6-11/h1-4,8,11H,5-7,14H2. The first kappa shape index (κ1) is 10.00. The van der Waals surface area contributed by atoms with E-state index in [1.807, 2.05) is 0 Å². The van der Waals surface area contributed by atoms with Crippen LogP contribution in [-0.4, -0.2) is 4.98 Å². The Balaban J connectivity index is 1.85. The van der Waals surface area contributed by atoms with E-state index >= 15 is 0 Å². The maximum atomic E-state index is 5.59. The molecule has 82 valence electrons. The first-order valence-corrected chi connectivity index (χ1v) is 6.46. The summed E-state index contributed by atoms with van der Waals surface area (Å²) >= 11 is 1.75. The van der Waals surface area contributed by atoms with Gasteiger partial charge in [0.25, 0.3) is 0 Å². The summed E-state index contributed by atoms with van der Waals surface area (Å²) in [5.74, 6) is 0.572. The third-order valence-corrected chi connectivity index (χ3v) is 4.23. The molecule has 0 bridgehead atoms. The lowest BCUT2D eigenvalue weighted by molar-refractivity contribution is 0.728. The summed E-state index contributed by atoms with van der Waals surface area (Å²) in [5.41, 5.74) is 9.58. The Kier molecular flexibility index (Phi) is 2.50. The molecule has 3 heteroatoms. The van der Waals surface area contributed by atoms with Crippen LogP contribution in [0.1, 0.15) is 27.7 Å². The molecule has 2 N–H and O–H groups in total. The van der Waals surface area contributed by atoms with Gasteiger partial charge in [0, 0.05) is 17.8 Å². The quantitative estimate of drug-likeness (QED) is 0.861. The topological polar surface area (TPSA) is 38.9 Å². The molecule has 1 heterocycles. The van der Waals surface area contributed by atoms with E-state index in [4.69, 9.17) is 5.73 Å². The van der Waals surface area contributed by atoms with E-state index < -0.39 is 0 Å². The van der Waals surface area contributed by atoms with Gasteiger partial charge in [0.15, 0.2) is 0 Å². The molecule has 0 amide bonds. The van der Waals surface area contributed by atoms with Crippen LogP contribution in [0.15, 0.2) is 29.6 Å². The zero-order chi connectivity index (χ0) is 11.0. The van der Waals surface area contributed by atoms with Crippen molar-refractivity contribution in [3.63, 3.8) is 0 Å². The summed E-state index contributed by atoms with van der Waals surface area (Å²) in [6, 6.07) is 8.70. The van der Waals surface area contributed by atoms with Crippen LogP contribution in [0.2, 0.25) is 0 Å². The molecular formula is C13H14N2S. The largest absolute Gasteiger partial charge is 0.325 e. The lowest BCUT2D eigenvalue weighted by atomic mass is 10.1. The fourth-order valence-electron chi connectivity index (χ4n) is 2.34. The molecule has 0 saturated heterocycles. The van der Waals surface area contributed by atoms with Gasteiger partial charge in [0.05, 0.1) is 10.7 Å². The minimum atomic E-state index is 0.552. The van der Waals surface area contributed by atoms with Gasteiger partial charge in [-0.3, -0.25) is 0 Å². The van der Waals surface area contributed by atoms with E-state index in [-0.39, 0.29) is 0 Å². The van der Waals surface area contributed by atoms with Gasteiger partial charge < -0.3 is 5.73 Å². The van der Waals surface area contributed by atoms with Crippen LogP contribution in [0.3, 0.4) is 0 Å². The van der Waals surface area contributed by atoms with Crippen molar-refractivity contribution >= 4 is 11.3 Å². The molecule has 0 spiro atoms. The normalized spacial score (nSPS) is 15.3. The number of hydrogen-bond acceptors (Lipinski definition) is 3. The van der Waals surface area contributed by atoms with Crippen molar-refractivity contribution in [2.45, 2.75) is 25.3 Å². The summed E-state index contributed by atoms with van der Waals surface area (Å²) in [5, 5.41) is 3.33. The van der Waals surface area contributed by atoms with Crippen molar-refractivity contribution in [1.29, 1.82) is 0 Å².